The van der Waals surface area contributed by atoms with Gasteiger partial charge in [0.15, 0.2) is 0 Å². The summed E-state index contributed by atoms with van der Waals surface area (Å²) in [6.07, 6.45) is 2.01. The molecule has 3 nitrogen and oxygen atoms in total. The Balaban J connectivity index is 2.55. The number of hydrogen-bond donors (Lipinski definition) is 1. The number of nitrogens with zero attached hydrogens (tertiary/aromatic N) is 2. The van der Waals surface area contributed by atoms with E-state index in [1.165, 1.54) is 0 Å². The first-order valence-electron chi connectivity index (χ1n) is 4.68. The van der Waals surface area contributed by atoms with Crippen LogP contribution in [0.15, 0.2) is 35.2 Å². The largest absolute Gasteiger partial charge is 0.383 e. The summed E-state index contributed by atoms with van der Waals surface area (Å²) in [5, 5.41) is 4.42. The van der Waals surface area contributed by atoms with Crippen LogP contribution in [0.4, 0.5) is 5.82 Å². The van der Waals surface area contributed by atoms with Gasteiger partial charge in [-0.05, 0) is 25.3 Å². The van der Waals surface area contributed by atoms with Crippen molar-refractivity contribution in [2.75, 3.05) is 12.0 Å². The summed E-state index contributed by atoms with van der Waals surface area (Å²) >= 11 is 1.63. The monoisotopic (exact) mass is 219 g/mol. The maximum Gasteiger partial charge on any atom is 0.141 e. The van der Waals surface area contributed by atoms with Gasteiger partial charge in [0.2, 0.25) is 0 Å². The normalized spacial score (nSPS) is 10.5. The van der Waals surface area contributed by atoms with E-state index in [0.29, 0.717) is 5.82 Å². The number of rotatable bonds is 2. The molecule has 0 saturated carbocycles. The van der Waals surface area contributed by atoms with Gasteiger partial charge in [-0.1, -0.05) is 18.2 Å². The molecule has 0 bridgehead atoms. The average molecular weight is 219 g/mol. The number of nitrogens with two attached hydrogens (primary N) is 1. The van der Waals surface area contributed by atoms with Gasteiger partial charge in [-0.25, -0.2) is 4.68 Å². The van der Waals surface area contributed by atoms with Crippen LogP contribution in [0.1, 0.15) is 5.69 Å². The second kappa shape index (κ2) is 3.98. The van der Waals surface area contributed by atoms with Crippen LogP contribution in [0.2, 0.25) is 0 Å². The third kappa shape index (κ3) is 1.72. The maximum absolute atomic E-state index is 6.03. The molecular weight excluding hydrogens is 206 g/mol. The highest BCUT2D eigenvalue weighted by Crippen LogP contribution is 2.28. The van der Waals surface area contributed by atoms with Crippen LogP contribution < -0.4 is 5.73 Å². The fraction of sp³-hybridized carbons (Fsp3) is 0.182. The van der Waals surface area contributed by atoms with Gasteiger partial charge in [0, 0.05) is 0 Å². The van der Waals surface area contributed by atoms with E-state index in [0.717, 1.165) is 16.3 Å². The van der Waals surface area contributed by atoms with Gasteiger partial charge in [0.25, 0.3) is 0 Å². The van der Waals surface area contributed by atoms with Crippen molar-refractivity contribution in [1.29, 1.82) is 0 Å². The highest BCUT2D eigenvalue weighted by molar-refractivity contribution is 7.98. The zero-order chi connectivity index (χ0) is 10.8. The number of nitrogen functional groups attached to an aromatic ring is 1. The predicted octanol–water partition coefficient (Wildman–Crippen LogP) is 2.48. The number of thioether (sulfide) groups is 1. The fourth-order valence-electron chi connectivity index (χ4n) is 1.55. The van der Waals surface area contributed by atoms with Gasteiger partial charge in [-0.15, -0.1) is 11.8 Å². The van der Waals surface area contributed by atoms with Crippen molar-refractivity contribution < 1.29 is 0 Å². The molecule has 2 aromatic rings. The molecule has 0 unspecified atom stereocenters. The predicted molar refractivity (Wildman–Crippen MR) is 64.5 cm³/mol. The Kier molecular flexibility index (Phi) is 2.68. The van der Waals surface area contributed by atoms with Crippen molar-refractivity contribution in [2.45, 2.75) is 11.8 Å². The molecule has 0 aliphatic heterocycles. The summed E-state index contributed by atoms with van der Waals surface area (Å²) in [6, 6.07) is 9.92. The number of anilines is 1. The third-order valence-electron chi connectivity index (χ3n) is 2.24. The second-order valence-electron chi connectivity index (χ2n) is 3.25. The third-order valence-corrected chi connectivity index (χ3v) is 3.16. The van der Waals surface area contributed by atoms with E-state index in [4.69, 9.17) is 5.73 Å². The van der Waals surface area contributed by atoms with E-state index >= 15 is 0 Å². The standard InChI is InChI=1S/C11H13N3S/c1-8-10(15-2)11(12)14(13-8)9-6-4-3-5-7-9/h3-7H,12H2,1-2H3. The molecular formula is C11H13N3S. The number of benzene rings is 1. The molecule has 0 amide bonds. The van der Waals surface area contributed by atoms with Crippen LogP contribution >= 0.6 is 11.8 Å². The van der Waals surface area contributed by atoms with Crippen LogP contribution in [-0.4, -0.2) is 16.0 Å². The van der Waals surface area contributed by atoms with E-state index in [2.05, 4.69) is 5.10 Å². The molecule has 0 fully saturated rings. The zero-order valence-corrected chi connectivity index (χ0v) is 9.58. The van der Waals surface area contributed by atoms with Gasteiger partial charge < -0.3 is 5.73 Å². The topological polar surface area (TPSA) is 43.8 Å². The summed E-state index contributed by atoms with van der Waals surface area (Å²) < 4.78 is 1.78. The zero-order valence-electron chi connectivity index (χ0n) is 8.77. The minimum atomic E-state index is 0.714. The van der Waals surface area contributed by atoms with Gasteiger partial charge in [0.1, 0.15) is 5.82 Å². The Labute approximate surface area is 93.3 Å². The summed E-state index contributed by atoms with van der Waals surface area (Å²) in [7, 11) is 0. The molecule has 0 saturated heterocycles. The Morgan fingerprint density at radius 2 is 1.93 bits per heavy atom. The molecule has 4 heteroatoms. The van der Waals surface area contributed by atoms with Crippen LogP contribution in [0.25, 0.3) is 5.69 Å². The molecule has 2 rings (SSSR count). The molecule has 1 aromatic heterocycles. The smallest absolute Gasteiger partial charge is 0.141 e. The molecule has 0 radical (unpaired) electrons. The lowest BCUT2D eigenvalue weighted by atomic mass is 10.3. The summed E-state index contributed by atoms with van der Waals surface area (Å²) in [5.74, 6) is 0.714. The molecule has 2 N–H and O–H groups in total. The SMILES string of the molecule is CSc1c(C)nn(-c2ccccc2)c1N. The van der Waals surface area contributed by atoms with Crippen LogP contribution in [0.5, 0.6) is 0 Å². The Bertz CT molecular complexity index is 462. The van der Waals surface area contributed by atoms with E-state index in [1.807, 2.05) is 43.5 Å². The highest BCUT2D eigenvalue weighted by atomic mass is 32.2. The van der Waals surface area contributed by atoms with E-state index in [1.54, 1.807) is 16.4 Å². The first-order valence-corrected chi connectivity index (χ1v) is 5.91. The Morgan fingerprint density at radius 3 is 2.47 bits per heavy atom. The number of aromatic nitrogens is 2. The first-order chi connectivity index (χ1) is 7.24. The number of hydrogen-bond acceptors (Lipinski definition) is 3. The second-order valence-corrected chi connectivity index (χ2v) is 4.07. The van der Waals surface area contributed by atoms with Crippen LogP contribution in [0.3, 0.4) is 0 Å². The molecule has 0 aliphatic carbocycles. The minimum absolute atomic E-state index is 0.714. The molecule has 0 spiro atoms. The molecule has 15 heavy (non-hydrogen) atoms. The Hall–Kier alpha value is -1.42. The van der Waals surface area contributed by atoms with E-state index < -0.39 is 0 Å². The molecule has 1 heterocycles. The van der Waals surface area contributed by atoms with Crippen molar-refractivity contribution in [3.8, 4) is 5.69 Å². The lowest BCUT2D eigenvalue weighted by Gasteiger charge is -2.03. The van der Waals surface area contributed by atoms with Crippen molar-refractivity contribution in [1.82, 2.24) is 9.78 Å². The maximum atomic E-state index is 6.03. The summed E-state index contributed by atoms with van der Waals surface area (Å²) in [6.45, 7) is 1.97. The fourth-order valence-corrected chi connectivity index (χ4v) is 2.18. The van der Waals surface area contributed by atoms with E-state index in [-0.39, 0.29) is 0 Å². The highest BCUT2D eigenvalue weighted by Gasteiger charge is 2.11. The molecule has 0 atom stereocenters. The number of para-hydroxylation sites is 1. The van der Waals surface area contributed by atoms with Crippen molar-refractivity contribution >= 4 is 17.6 Å². The quantitative estimate of drug-likeness (QED) is 0.789. The lowest BCUT2D eigenvalue weighted by Crippen LogP contribution is -2.01. The Morgan fingerprint density at radius 1 is 1.27 bits per heavy atom. The molecule has 0 aliphatic rings. The van der Waals surface area contributed by atoms with Crippen LogP contribution in [-0.2, 0) is 0 Å². The first kappa shape index (κ1) is 10.1. The lowest BCUT2D eigenvalue weighted by molar-refractivity contribution is 0.872. The molecule has 1 aromatic carbocycles. The molecule has 78 valence electrons. The van der Waals surface area contributed by atoms with Gasteiger partial charge in [-0.2, -0.15) is 5.10 Å². The summed E-state index contributed by atoms with van der Waals surface area (Å²) in [5.41, 5.74) is 8.00. The van der Waals surface area contributed by atoms with Crippen molar-refractivity contribution in [3.63, 3.8) is 0 Å². The summed E-state index contributed by atoms with van der Waals surface area (Å²) in [4.78, 5) is 1.05. The van der Waals surface area contributed by atoms with Crippen molar-refractivity contribution in [2.24, 2.45) is 0 Å². The van der Waals surface area contributed by atoms with E-state index in [9.17, 15) is 0 Å². The van der Waals surface area contributed by atoms with Crippen LogP contribution in [0, 0.1) is 6.92 Å². The van der Waals surface area contributed by atoms with Gasteiger partial charge in [0.05, 0.1) is 16.3 Å². The number of aryl methyl sites for hydroxylation is 1. The average Bonchev–Trinajstić information content (AvgIpc) is 2.55. The minimum Gasteiger partial charge on any atom is -0.383 e. The van der Waals surface area contributed by atoms with Gasteiger partial charge >= 0.3 is 0 Å². The van der Waals surface area contributed by atoms with Crippen molar-refractivity contribution in [3.05, 3.63) is 36.0 Å². The van der Waals surface area contributed by atoms with Gasteiger partial charge in [-0.3, -0.25) is 0 Å².